The summed E-state index contributed by atoms with van der Waals surface area (Å²) in [6.07, 6.45) is 0.967. The first-order valence-electron chi connectivity index (χ1n) is 24.0. The highest BCUT2D eigenvalue weighted by Crippen LogP contribution is 2.51. The SMILES string of the molecule is Brc1ccccc1.CC1(C)c2ccccc2-c2ccc(Cc3ccc(-c4ccccc4)cc3)cc21.CC1(C)c2ccccc2-c2ccc(N(c3ccccc3)c3ccc(-c4ccccc4)cc3)cc21. The molecule has 0 radical (unpaired) electrons. The number of rotatable bonds is 7. The number of hydrogen-bond acceptors (Lipinski definition) is 1. The Morgan fingerprint density at radius 3 is 1.17 bits per heavy atom. The molecule has 10 aromatic carbocycles. The topological polar surface area (TPSA) is 3.24 Å². The first kappa shape index (κ1) is 45.3. The summed E-state index contributed by atoms with van der Waals surface area (Å²) in [5.74, 6) is 0. The van der Waals surface area contributed by atoms with E-state index in [-0.39, 0.29) is 10.8 Å². The lowest BCUT2D eigenvalue weighted by molar-refractivity contribution is 0.659. The third-order valence-electron chi connectivity index (χ3n) is 13.9. The number of para-hydroxylation sites is 1. The molecule has 0 amide bonds. The van der Waals surface area contributed by atoms with Gasteiger partial charge in [0, 0.05) is 32.4 Å². The van der Waals surface area contributed by atoms with Gasteiger partial charge in [-0.15, -0.1) is 0 Å². The van der Waals surface area contributed by atoms with Crippen molar-refractivity contribution < 1.29 is 0 Å². The van der Waals surface area contributed by atoms with Crippen molar-refractivity contribution in [3.8, 4) is 44.5 Å². The van der Waals surface area contributed by atoms with Crippen LogP contribution >= 0.6 is 15.9 Å². The second-order valence-electron chi connectivity index (χ2n) is 19.1. The molecule has 336 valence electrons. The van der Waals surface area contributed by atoms with Crippen molar-refractivity contribution in [2.75, 3.05) is 4.90 Å². The molecule has 2 aliphatic rings. The number of nitrogens with zero attached hydrogens (tertiary/aromatic N) is 1. The Labute approximate surface area is 417 Å². The fourth-order valence-corrected chi connectivity index (χ4v) is 10.6. The van der Waals surface area contributed by atoms with Gasteiger partial charge in [-0.2, -0.15) is 0 Å². The molecule has 1 nitrogen and oxygen atoms in total. The van der Waals surface area contributed by atoms with Gasteiger partial charge in [-0.3, -0.25) is 0 Å². The van der Waals surface area contributed by atoms with Crippen molar-refractivity contribution >= 4 is 33.0 Å². The molecule has 0 fully saturated rings. The molecule has 0 spiro atoms. The molecule has 0 saturated carbocycles. The molecule has 0 saturated heterocycles. The Morgan fingerprint density at radius 1 is 0.304 bits per heavy atom. The van der Waals surface area contributed by atoms with Gasteiger partial charge < -0.3 is 4.90 Å². The van der Waals surface area contributed by atoms with Gasteiger partial charge in [0.25, 0.3) is 0 Å². The minimum Gasteiger partial charge on any atom is -0.310 e. The normalized spacial score (nSPS) is 13.0. The van der Waals surface area contributed by atoms with E-state index < -0.39 is 0 Å². The maximum atomic E-state index is 3.31. The van der Waals surface area contributed by atoms with Crippen LogP contribution in [-0.2, 0) is 17.3 Å². The Bertz CT molecular complexity index is 3320. The Balaban J connectivity index is 0.000000142. The Hall–Kier alpha value is -7.52. The van der Waals surface area contributed by atoms with Crippen LogP contribution in [-0.4, -0.2) is 0 Å². The van der Waals surface area contributed by atoms with Crippen LogP contribution in [0.25, 0.3) is 44.5 Å². The molecule has 0 aliphatic heterocycles. The predicted octanol–water partition coefficient (Wildman–Crippen LogP) is 18.8. The molecular formula is C67H56BrN. The van der Waals surface area contributed by atoms with E-state index in [2.05, 4.69) is 273 Å². The van der Waals surface area contributed by atoms with E-state index in [9.17, 15) is 0 Å². The largest absolute Gasteiger partial charge is 0.310 e. The third-order valence-corrected chi connectivity index (χ3v) is 14.5. The van der Waals surface area contributed by atoms with Gasteiger partial charge in [0.1, 0.15) is 0 Å². The maximum Gasteiger partial charge on any atom is 0.0465 e. The highest BCUT2D eigenvalue weighted by atomic mass is 79.9. The summed E-state index contributed by atoms with van der Waals surface area (Å²) in [6, 6.07) is 91.2. The zero-order chi connectivity index (χ0) is 47.4. The number of fused-ring (bicyclic) bond motifs is 6. The van der Waals surface area contributed by atoms with Crippen LogP contribution in [0.3, 0.4) is 0 Å². The van der Waals surface area contributed by atoms with E-state index >= 15 is 0 Å². The molecule has 0 unspecified atom stereocenters. The lowest BCUT2D eigenvalue weighted by Gasteiger charge is -2.28. The van der Waals surface area contributed by atoms with Crippen LogP contribution in [0.15, 0.2) is 259 Å². The summed E-state index contributed by atoms with van der Waals surface area (Å²) in [7, 11) is 0. The number of halogens is 1. The molecule has 0 aromatic heterocycles. The molecule has 10 aromatic rings. The zero-order valence-electron chi connectivity index (χ0n) is 39.8. The van der Waals surface area contributed by atoms with E-state index in [0.717, 1.165) is 22.3 Å². The molecule has 12 rings (SSSR count). The smallest absolute Gasteiger partial charge is 0.0465 e. The van der Waals surface area contributed by atoms with Crippen molar-refractivity contribution in [3.63, 3.8) is 0 Å². The van der Waals surface area contributed by atoms with E-state index in [0.29, 0.717) is 0 Å². The van der Waals surface area contributed by atoms with Crippen molar-refractivity contribution in [1.82, 2.24) is 0 Å². The molecule has 0 heterocycles. The van der Waals surface area contributed by atoms with Gasteiger partial charge in [-0.1, -0.05) is 250 Å². The number of benzene rings is 10. The van der Waals surface area contributed by atoms with Gasteiger partial charge in [0.05, 0.1) is 0 Å². The van der Waals surface area contributed by atoms with Gasteiger partial charge in [0.2, 0.25) is 0 Å². The van der Waals surface area contributed by atoms with E-state index in [4.69, 9.17) is 0 Å². The fraction of sp³-hybridized carbons (Fsp3) is 0.104. The van der Waals surface area contributed by atoms with Crippen molar-refractivity contribution in [2.45, 2.75) is 44.9 Å². The molecular weight excluding hydrogens is 899 g/mol. The van der Waals surface area contributed by atoms with Crippen molar-refractivity contribution in [1.29, 1.82) is 0 Å². The van der Waals surface area contributed by atoms with Crippen LogP contribution in [0.1, 0.15) is 61.1 Å². The third kappa shape index (κ3) is 9.38. The van der Waals surface area contributed by atoms with Gasteiger partial charge in [0.15, 0.2) is 0 Å². The minimum absolute atomic E-state index is 0.0263. The van der Waals surface area contributed by atoms with Crippen molar-refractivity contribution in [3.05, 3.63) is 293 Å². The summed E-state index contributed by atoms with van der Waals surface area (Å²) in [6.45, 7) is 9.36. The molecule has 0 bridgehead atoms. The maximum absolute atomic E-state index is 3.31. The standard InChI is InChI=1S/C33H27N.C28H24.C6H5Br/c1-33(2)31-16-10-9-15-29(31)30-22-21-28(23-32(30)33)34(26-13-7-4-8-14-26)27-19-17-25(18-20-27)24-11-5-3-6-12-24;1-28(2)26-11-7-6-10-24(26)25-17-14-21(19-27(25)28)18-20-12-15-23(16-13-20)22-8-4-3-5-9-22;7-6-4-2-1-3-5-6/h3-23H,1-2H3;3-17,19H,18H2,1-2H3;1-5H. The predicted molar refractivity (Wildman–Crippen MR) is 297 cm³/mol. The fourth-order valence-electron chi connectivity index (χ4n) is 10.2. The minimum atomic E-state index is -0.0263. The van der Waals surface area contributed by atoms with Crippen molar-refractivity contribution in [2.24, 2.45) is 0 Å². The second-order valence-corrected chi connectivity index (χ2v) is 20.0. The average molecular weight is 955 g/mol. The molecule has 69 heavy (non-hydrogen) atoms. The quantitative estimate of drug-likeness (QED) is 0.154. The van der Waals surface area contributed by atoms with E-state index in [1.807, 2.05) is 30.3 Å². The monoisotopic (exact) mass is 953 g/mol. The van der Waals surface area contributed by atoms with Crippen LogP contribution < -0.4 is 4.90 Å². The van der Waals surface area contributed by atoms with Crippen LogP contribution in [0, 0.1) is 0 Å². The Morgan fingerprint density at radius 2 is 0.667 bits per heavy atom. The second kappa shape index (κ2) is 19.6. The van der Waals surface area contributed by atoms with Gasteiger partial charge >= 0.3 is 0 Å². The lowest BCUT2D eigenvalue weighted by atomic mass is 9.81. The average Bonchev–Trinajstić information content (AvgIpc) is 3.77. The highest BCUT2D eigenvalue weighted by Gasteiger charge is 2.36. The zero-order valence-corrected chi connectivity index (χ0v) is 41.4. The van der Waals surface area contributed by atoms with E-state index in [1.54, 1.807) is 0 Å². The Kier molecular flexibility index (Phi) is 12.9. The number of hydrogen-bond donors (Lipinski definition) is 0. The van der Waals surface area contributed by atoms with Crippen LogP contribution in [0.5, 0.6) is 0 Å². The van der Waals surface area contributed by atoms with Gasteiger partial charge in [-0.05, 0) is 133 Å². The molecule has 0 N–H and O–H groups in total. The summed E-state index contributed by atoms with van der Waals surface area (Å²) < 4.78 is 1.13. The first-order chi connectivity index (χ1) is 33.6. The summed E-state index contributed by atoms with van der Waals surface area (Å²) in [4.78, 5) is 2.36. The molecule has 2 aliphatic carbocycles. The molecule has 0 atom stereocenters. The van der Waals surface area contributed by atoms with E-state index in [1.165, 1.54) is 83.6 Å². The summed E-state index contributed by atoms with van der Waals surface area (Å²) >= 11 is 3.31. The molecule has 2 heteroatoms. The lowest BCUT2D eigenvalue weighted by Crippen LogP contribution is -2.16. The van der Waals surface area contributed by atoms with Crippen LogP contribution in [0.4, 0.5) is 17.1 Å². The summed E-state index contributed by atoms with van der Waals surface area (Å²) in [5, 5.41) is 0. The highest BCUT2D eigenvalue weighted by molar-refractivity contribution is 9.10. The van der Waals surface area contributed by atoms with Crippen LogP contribution in [0.2, 0.25) is 0 Å². The first-order valence-corrected chi connectivity index (χ1v) is 24.8. The number of anilines is 3. The summed E-state index contributed by atoms with van der Waals surface area (Å²) in [5.41, 5.74) is 22.4. The van der Waals surface area contributed by atoms with Gasteiger partial charge in [-0.25, -0.2) is 0 Å².